The van der Waals surface area contributed by atoms with E-state index >= 15 is 0 Å². The Morgan fingerprint density at radius 3 is 3.12 bits per heavy atom. The van der Waals surface area contributed by atoms with Crippen LogP contribution in [0.5, 0.6) is 0 Å². The van der Waals surface area contributed by atoms with Gasteiger partial charge in [-0.3, -0.25) is 4.21 Å². The number of thioether (sulfide) groups is 1. The fraction of sp³-hybridized carbons (Fsp3) is 1.00. The Bertz CT molecular complexity index is 278. The fourth-order valence-electron chi connectivity index (χ4n) is 2.54. The van der Waals surface area contributed by atoms with Crippen LogP contribution >= 0.6 is 11.8 Å². The van der Waals surface area contributed by atoms with Gasteiger partial charge in [0.1, 0.15) is 0 Å². The van der Waals surface area contributed by atoms with E-state index in [9.17, 15) is 4.21 Å². The molecule has 2 N–H and O–H groups in total. The van der Waals surface area contributed by atoms with Crippen LogP contribution < -0.4 is 5.73 Å². The Morgan fingerprint density at radius 2 is 2.47 bits per heavy atom. The largest absolute Gasteiger partial charge is 0.374 e. The predicted molar refractivity (Wildman–Crippen MR) is 74.9 cm³/mol. The van der Waals surface area contributed by atoms with Crippen molar-refractivity contribution in [3.05, 3.63) is 0 Å². The second-order valence-corrected chi connectivity index (χ2v) is 8.24. The van der Waals surface area contributed by atoms with Crippen molar-refractivity contribution >= 4 is 22.6 Å². The molecule has 0 aliphatic carbocycles. The molecule has 0 saturated carbocycles. The van der Waals surface area contributed by atoms with Crippen LogP contribution in [0, 0.1) is 0 Å². The van der Waals surface area contributed by atoms with Crippen LogP contribution in [0.25, 0.3) is 0 Å². The molecular formula is C12H23NO2S2. The quantitative estimate of drug-likeness (QED) is 0.846. The van der Waals surface area contributed by atoms with E-state index < -0.39 is 10.8 Å². The van der Waals surface area contributed by atoms with Gasteiger partial charge in [0.05, 0.1) is 5.60 Å². The van der Waals surface area contributed by atoms with Crippen LogP contribution in [0.4, 0.5) is 0 Å². The average molecular weight is 277 g/mol. The Hall–Kier alpha value is 0.420. The molecule has 1 spiro atoms. The van der Waals surface area contributed by atoms with Gasteiger partial charge >= 0.3 is 0 Å². The summed E-state index contributed by atoms with van der Waals surface area (Å²) in [4.78, 5) is 0. The topological polar surface area (TPSA) is 52.3 Å². The lowest BCUT2D eigenvalue weighted by atomic mass is 9.93. The number of rotatable bonds is 4. The van der Waals surface area contributed by atoms with E-state index in [1.165, 1.54) is 5.75 Å². The Morgan fingerprint density at radius 1 is 1.65 bits per heavy atom. The van der Waals surface area contributed by atoms with Crippen molar-refractivity contribution in [2.75, 3.05) is 23.9 Å². The summed E-state index contributed by atoms with van der Waals surface area (Å²) in [5.74, 6) is 3.04. The lowest BCUT2D eigenvalue weighted by Crippen LogP contribution is -2.43. The first-order chi connectivity index (χ1) is 8.11. The SMILES string of the molecule is CC(N)CCS(=O)C1CCOC2(CCSC2)C1. The molecule has 17 heavy (non-hydrogen) atoms. The van der Waals surface area contributed by atoms with Crippen molar-refractivity contribution in [2.24, 2.45) is 5.73 Å². The van der Waals surface area contributed by atoms with Crippen molar-refractivity contribution < 1.29 is 8.95 Å². The van der Waals surface area contributed by atoms with E-state index in [1.54, 1.807) is 0 Å². The molecule has 2 aliphatic heterocycles. The first kappa shape index (κ1) is 13.8. The standard InChI is InChI=1S/C12H23NO2S2/c1-10(13)3-7-17(14)11-2-5-15-12(8-11)4-6-16-9-12/h10-11H,2-9,13H2,1H3. The smallest absolute Gasteiger partial charge is 0.0791 e. The van der Waals surface area contributed by atoms with E-state index in [1.807, 2.05) is 18.7 Å². The van der Waals surface area contributed by atoms with Crippen LogP contribution in [0.15, 0.2) is 0 Å². The highest BCUT2D eigenvalue weighted by Gasteiger charge is 2.41. The third-order valence-corrected chi connectivity index (χ3v) is 6.67. The average Bonchev–Trinajstić information content (AvgIpc) is 2.74. The molecule has 0 aromatic heterocycles. The molecular weight excluding hydrogens is 254 g/mol. The highest BCUT2D eigenvalue weighted by atomic mass is 32.2. The molecule has 2 saturated heterocycles. The van der Waals surface area contributed by atoms with Gasteiger partial charge in [-0.15, -0.1) is 0 Å². The van der Waals surface area contributed by atoms with E-state index in [-0.39, 0.29) is 11.6 Å². The van der Waals surface area contributed by atoms with Crippen molar-refractivity contribution in [2.45, 2.75) is 49.5 Å². The minimum Gasteiger partial charge on any atom is -0.374 e. The van der Waals surface area contributed by atoms with Crippen LogP contribution in [0.3, 0.4) is 0 Å². The summed E-state index contributed by atoms with van der Waals surface area (Å²) in [7, 11) is -0.718. The third-order valence-electron chi connectivity index (χ3n) is 3.66. The van der Waals surface area contributed by atoms with Crippen LogP contribution in [-0.2, 0) is 15.5 Å². The Kier molecular flexibility index (Phi) is 4.92. The minimum absolute atomic E-state index is 0.0531. The van der Waals surface area contributed by atoms with Gasteiger partial charge in [-0.1, -0.05) is 0 Å². The monoisotopic (exact) mass is 277 g/mol. The molecule has 100 valence electrons. The highest BCUT2D eigenvalue weighted by Crippen LogP contribution is 2.39. The second kappa shape index (κ2) is 6.04. The van der Waals surface area contributed by atoms with E-state index in [4.69, 9.17) is 10.5 Å². The molecule has 2 rings (SSSR count). The summed E-state index contributed by atoms with van der Waals surface area (Å²) in [5, 5.41) is 0.334. The molecule has 2 aliphatic rings. The summed E-state index contributed by atoms with van der Waals surface area (Å²) in [6.07, 6.45) is 3.95. The van der Waals surface area contributed by atoms with E-state index in [0.29, 0.717) is 5.25 Å². The predicted octanol–water partition coefficient (Wildman–Crippen LogP) is 1.53. The van der Waals surface area contributed by atoms with Crippen molar-refractivity contribution in [1.29, 1.82) is 0 Å². The number of hydrogen-bond donors (Lipinski definition) is 1. The second-order valence-electron chi connectivity index (χ2n) is 5.30. The summed E-state index contributed by atoms with van der Waals surface area (Å²) >= 11 is 1.97. The van der Waals surface area contributed by atoms with E-state index in [0.717, 1.165) is 43.8 Å². The zero-order chi connectivity index (χ0) is 12.3. The molecule has 4 atom stereocenters. The van der Waals surface area contributed by atoms with E-state index in [2.05, 4.69) is 0 Å². The summed E-state index contributed by atoms with van der Waals surface area (Å²) in [5.41, 5.74) is 5.78. The third kappa shape index (κ3) is 3.69. The molecule has 2 heterocycles. The molecule has 0 aromatic carbocycles. The lowest BCUT2D eigenvalue weighted by Gasteiger charge is -2.37. The molecule has 4 unspecified atom stereocenters. The fourth-order valence-corrected chi connectivity index (χ4v) is 5.70. The van der Waals surface area contributed by atoms with Crippen LogP contribution in [0.2, 0.25) is 0 Å². The maximum Gasteiger partial charge on any atom is 0.0791 e. The van der Waals surface area contributed by atoms with Gasteiger partial charge in [0.2, 0.25) is 0 Å². The number of nitrogens with two attached hydrogens (primary N) is 1. The van der Waals surface area contributed by atoms with Crippen LogP contribution in [0.1, 0.15) is 32.6 Å². The first-order valence-electron chi connectivity index (χ1n) is 6.46. The molecule has 3 nitrogen and oxygen atoms in total. The Labute approximate surface area is 111 Å². The molecule has 0 bridgehead atoms. The molecule has 0 aromatic rings. The number of hydrogen-bond acceptors (Lipinski definition) is 4. The normalized spacial score (nSPS) is 37.2. The highest BCUT2D eigenvalue weighted by molar-refractivity contribution is 7.99. The van der Waals surface area contributed by atoms with Crippen LogP contribution in [-0.4, -0.2) is 45.0 Å². The van der Waals surface area contributed by atoms with Gasteiger partial charge in [-0.2, -0.15) is 11.8 Å². The van der Waals surface area contributed by atoms with Gasteiger partial charge < -0.3 is 10.5 Å². The number of ether oxygens (including phenoxy) is 1. The summed E-state index contributed by atoms with van der Waals surface area (Å²) < 4.78 is 18.2. The molecule has 5 heteroatoms. The van der Waals surface area contributed by atoms with Gasteiger partial charge in [0.15, 0.2) is 0 Å². The molecule has 0 amide bonds. The minimum atomic E-state index is -0.718. The van der Waals surface area contributed by atoms with Crippen molar-refractivity contribution in [3.63, 3.8) is 0 Å². The zero-order valence-electron chi connectivity index (χ0n) is 10.5. The molecule has 2 fully saturated rings. The van der Waals surface area contributed by atoms with Gasteiger partial charge in [-0.05, 0) is 38.4 Å². The van der Waals surface area contributed by atoms with Crippen molar-refractivity contribution in [3.8, 4) is 0 Å². The summed E-state index contributed by atoms with van der Waals surface area (Å²) in [6, 6.07) is 0.162. The first-order valence-corrected chi connectivity index (χ1v) is 8.99. The Balaban J connectivity index is 1.86. The van der Waals surface area contributed by atoms with Gasteiger partial charge in [-0.25, -0.2) is 0 Å². The van der Waals surface area contributed by atoms with Crippen molar-refractivity contribution in [1.82, 2.24) is 0 Å². The summed E-state index contributed by atoms with van der Waals surface area (Å²) in [6.45, 7) is 2.77. The maximum absolute atomic E-state index is 12.2. The van der Waals surface area contributed by atoms with Gasteiger partial charge in [0, 0.05) is 40.2 Å². The lowest BCUT2D eigenvalue weighted by molar-refractivity contribution is -0.0567. The molecule has 0 radical (unpaired) electrons. The maximum atomic E-state index is 12.2. The zero-order valence-corrected chi connectivity index (χ0v) is 12.2. The van der Waals surface area contributed by atoms with Gasteiger partial charge in [0.25, 0.3) is 0 Å².